The molecule has 2 N–H and O–H groups in total. The van der Waals surface area contributed by atoms with Crippen molar-refractivity contribution in [2.24, 2.45) is 5.73 Å². The van der Waals surface area contributed by atoms with Crippen LogP contribution in [0.5, 0.6) is 11.5 Å². The molecule has 0 amide bonds. The minimum absolute atomic E-state index is 0.0135. The number of nitrogens with two attached hydrogens (primary N) is 1. The van der Waals surface area contributed by atoms with Crippen LogP contribution in [0.3, 0.4) is 0 Å². The summed E-state index contributed by atoms with van der Waals surface area (Å²) >= 11 is 1.46. The molecule has 0 aliphatic heterocycles. The molecule has 114 valence electrons. The number of hydrogen-bond acceptors (Lipinski definition) is 5. The first-order chi connectivity index (χ1) is 10.0. The lowest BCUT2D eigenvalue weighted by Gasteiger charge is -2.12. The molecular formula is C14H16F2N2O2S. The summed E-state index contributed by atoms with van der Waals surface area (Å²) in [6.07, 6.45) is 1.72. The molecule has 1 aromatic heterocycles. The third kappa shape index (κ3) is 3.89. The van der Waals surface area contributed by atoms with Crippen LogP contribution in [0.2, 0.25) is 0 Å². The lowest BCUT2D eigenvalue weighted by Crippen LogP contribution is -2.04. The highest BCUT2D eigenvalue weighted by Gasteiger charge is 2.14. The van der Waals surface area contributed by atoms with Crippen molar-refractivity contribution >= 4 is 11.3 Å². The molecule has 0 aliphatic carbocycles. The number of thiazole rings is 1. The summed E-state index contributed by atoms with van der Waals surface area (Å²) in [5.41, 5.74) is 6.58. The summed E-state index contributed by atoms with van der Waals surface area (Å²) in [5.74, 6) is 0.285. The van der Waals surface area contributed by atoms with E-state index in [4.69, 9.17) is 10.5 Å². The van der Waals surface area contributed by atoms with Crippen LogP contribution in [0.15, 0.2) is 24.4 Å². The highest BCUT2D eigenvalue weighted by Crippen LogP contribution is 2.35. The third-order valence-corrected chi connectivity index (χ3v) is 3.93. The van der Waals surface area contributed by atoms with Crippen LogP contribution in [-0.2, 0) is 0 Å². The average Bonchev–Trinajstić information content (AvgIpc) is 2.90. The van der Waals surface area contributed by atoms with E-state index in [0.29, 0.717) is 6.61 Å². The lowest BCUT2D eigenvalue weighted by molar-refractivity contribution is -0.0514. The van der Waals surface area contributed by atoms with Crippen LogP contribution in [-0.4, -0.2) is 18.2 Å². The Morgan fingerprint density at radius 1 is 1.33 bits per heavy atom. The fourth-order valence-corrected chi connectivity index (χ4v) is 2.60. The van der Waals surface area contributed by atoms with Gasteiger partial charge in [-0.05, 0) is 32.0 Å². The van der Waals surface area contributed by atoms with Gasteiger partial charge in [0, 0.05) is 22.7 Å². The Balaban J connectivity index is 2.33. The molecule has 7 heteroatoms. The predicted octanol–water partition coefficient (Wildman–Crippen LogP) is 3.83. The molecule has 4 nitrogen and oxygen atoms in total. The van der Waals surface area contributed by atoms with E-state index in [9.17, 15) is 8.78 Å². The summed E-state index contributed by atoms with van der Waals surface area (Å²) in [5, 5.41) is 0.756. The van der Waals surface area contributed by atoms with Crippen molar-refractivity contribution < 1.29 is 18.3 Å². The monoisotopic (exact) mass is 314 g/mol. The van der Waals surface area contributed by atoms with Crippen LogP contribution in [0.25, 0.3) is 10.6 Å². The van der Waals surface area contributed by atoms with Gasteiger partial charge in [0.1, 0.15) is 5.01 Å². The van der Waals surface area contributed by atoms with Gasteiger partial charge in [0.25, 0.3) is 0 Å². The van der Waals surface area contributed by atoms with Gasteiger partial charge in [0.15, 0.2) is 11.5 Å². The summed E-state index contributed by atoms with van der Waals surface area (Å²) in [6, 6.07) is 4.68. The molecule has 0 saturated heterocycles. The normalized spacial score (nSPS) is 12.5. The van der Waals surface area contributed by atoms with Crippen LogP contribution in [0.4, 0.5) is 8.78 Å². The molecule has 1 aromatic carbocycles. The average molecular weight is 314 g/mol. The van der Waals surface area contributed by atoms with E-state index in [2.05, 4.69) is 9.72 Å². The number of alkyl halides is 2. The van der Waals surface area contributed by atoms with Gasteiger partial charge >= 0.3 is 6.61 Å². The third-order valence-electron chi connectivity index (χ3n) is 2.68. The van der Waals surface area contributed by atoms with Crippen molar-refractivity contribution in [2.45, 2.75) is 26.5 Å². The fourth-order valence-electron chi connectivity index (χ4n) is 1.73. The van der Waals surface area contributed by atoms with Crippen molar-refractivity contribution in [1.82, 2.24) is 4.98 Å². The van der Waals surface area contributed by atoms with Crippen LogP contribution < -0.4 is 15.2 Å². The van der Waals surface area contributed by atoms with Crippen LogP contribution in [0.1, 0.15) is 24.8 Å². The van der Waals surface area contributed by atoms with E-state index in [-0.39, 0.29) is 17.5 Å². The molecule has 1 heterocycles. The second kappa shape index (κ2) is 6.82. The molecular weight excluding hydrogens is 298 g/mol. The molecule has 0 aliphatic rings. The number of ether oxygens (including phenoxy) is 2. The van der Waals surface area contributed by atoms with Crippen molar-refractivity contribution in [1.29, 1.82) is 0 Å². The highest BCUT2D eigenvalue weighted by molar-refractivity contribution is 7.15. The Labute approximate surface area is 125 Å². The van der Waals surface area contributed by atoms with Crippen LogP contribution in [0, 0.1) is 0 Å². The van der Waals surface area contributed by atoms with Gasteiger partial charge in [-0.15, -0.1) is 11.3 Å². The number of halogens is 2. The molecule has 21 heavy (non-hydrogen) atoms. The van der Waals surface area contributed by atoms with Gasteiger partial charge in [0.2, 0.25) is 0 Å². The van der Waals surface area contributed by atoms with E-state index in [1.54, 1.807) is 25.3 Å². The molecule has 2 rings (SSSR count). The Kier molecular flexibility index (Phi) is 5.08. The standard InChI is InChI=1S/C14H16F2N2O2S/c1-3-19-11-6-9(4-5-10(11)20-14(15)16)13-18-7-12(21-13)8(2)17/h4-8,14H,3,17H2,1-2H3. The number of hydrogen-bond donors (Lipinski definition) is 1. The van der Waals surface area contributed by atoms with Gasteiger partial charge in [-0.3, -0.25) is 0 Å². The Morgan fingerprint density at radius 2 is 2.10 bits per heavy atom. The number of benzene rings is 1. The zero-order valence-electron chi connectivity index (χ0n) is 11.7. The molecule has 0 bridgehead atoms. The Bertz CT molecular complexity index is 602. The minimum atomic E-state index is -2.89. The smallest absolute Gasteiger partial charge is 0.387 e. The molecule has 2 aromatic rings. The lowest BCUT2D eigenvalue weighted by atomic mass is 10.2. The first-order valence-electron chi connectivity index (χ1n) is 6.44. The zero-order chi connectivity index (χ0) is 15.4. The van der Waals surface area contributed by atoms with Crippen molar-refractivity contribution in [3.63, 3.8) is 0 Å². The molecule has 1 unspecified atom stereocenters. The molecule has 0 saturated carbocycles. The maximum atomic E-state index is 12.4. The predicted molar refractivity (Wildman–Crippen MR) is 78.0 cm³/mol. The van der Waals surface area contributed by atoms with Gasteiger partial charge in [0.05, 0.1) is 6.61 Å². The first kappa shape index (κ1) is 15.7. The Hall–Kier alpha value is -1.73. The highest BCUT2D eigenvalue weighted by atomic mass is 32.1. The number of nitrogens with zero attached hydrogens (tertiary/aromatic N) is 1. The summed E-state index contributed by atoms with van der Waals surface area (Å²) in [7, 11) is 0. The van der Waals surface area contributed by atoms with Gasteiger partial charge in [-0.1, -0.05) is 0 Å². The molecule has 0 spiro atoms. The number of aromatic nitrogens is 1. The molecule has 0 fully saturated rings. The summed E-state index contributed by atoms with van der Waals surface area (Å²) in [4.78, 5) is 5.25. The van der Waals surface area contributed by atoms with E-state index in [1.165, 1.54) is 17.4 Å². The molecule has 1 atom stereocenters. The minimum Gasteiger partial charge on any atom is -0.490 e. The SMILES string of the molecule is CCOc1cc(-c2ncc(C(C)N)s2)ccc1OC(F)F. The summed E-state index contributed by atoms with van der Waals surface area (Å²) in [6.45, 7) is 1.12. The Morgan fingerprint density at radius 3 is 2.67 bits per heavy atom. The van der Waals surface area contributed by atoms with E-state index in [1.807, 2.05) is 6.92 Å². The second-order valence-electron chi connectivity index (χ2n) is 4.33. The second-order valence-corrected chi connectivity index (χ2v) is 5.39. The maximum absolute atomic E-state index is 12.4. The fraction of sp³-hybridized carbons (Fsp3) is 0.357. The van der Waals surface area contributed by atoms with Gasteiger partial charge in [-0.25, -0.2) is 4.98 Å². The maximum Gasteiger partial charge on any atom is 0.387 e. The summed E-state index contributed by atoms with van der Waals surface area (Å²) < 4.78 is 34.5. The van der Waals surface area contributed by atoms with Crippen molar-refractivity contribution in [3.8, 4) is 22.1 Å². The van der Waals surface area contributed by atoms with Gasteiger partial charge < -0.3 is 15.2 Å². The van der Waals surface area contributed by atoms with Crippen molar-refractivity contribution in [3.05, 3.63) is 29.3 Å². The number of rotatable bonds is 6. The van der Waals surface area contributed by atoms with Crippen LogP contribution >= 0.6 is 11.3 Å². The van der Waals surface area contributed by atoms with Gasteiger partial charge in [-0.2, -0.15) is 8.78 Å². The molecule has 0 radical (unpaired) electrons. The quantitative estimate of drug-likeness (QED) is 0.880. The van der Waals surface area contributed by atoms with E-state index in [0.717, 1.165) is 15.4 Å². The largest absolute Gasteiger partial charge is 0.490 e. The zero-order valence-corrected chi connectivity index (χ0v) is 12.5. The first-order valence-corrected chi connectivity index (χ1v) is 7.26. The topological polar surface area (TPSA) is 57.4 Å². The van der Waals surface area contributed by atoms with E-state index < -0.39 is 6.61 Å². The van der Waals surface area contributed by atoms with E-state index >= 15 is 0 Å². The van der Waals surface area contributed by atoms with Crippen molar-refractivity contribution in [2.75, 3.05) is 6.61 Å².